The highest BCUT2D eigenvalue weighted by molar-refractivity contribution is 5.86. The number of carbonyl (C=O) groups is 4. The fraction of sp³-hybridized carbons (Fsp3) is 0.667. The van der Waals surface area contributed by atoms with Gasteiger partial charge in [-0.05, 0) is 0 Å². The molecule has 2 aliphatic rings. The molecule has 2 heterocycles. The van der Waals surface area contributed by atoms with E-state index in [1.807, 2.05) is 0 Å². The van der Waals surface area contributed by atoms with Crippen LogP contribution in [-0.4, -0.2) is 60.5 Å². The van der Waals surface area contributed by atoms with Crippen LogP contribution in [0, 0.1) is 0 Å². The Hall–Kier alpha value is -2.16. The van der Waals surface area contributed by atoms with Crippen molar-refractivity contribution in [2.45, 2.75) is 37.6 Å². The van der Waals surface area contributed by atoms with Crippen LogP contribution in [0.25, 0.3) is 0 Å². The van der Waals surface area contributed by atoms with Crippen LogP contribution in [0.4, 0.5) is 0 Å². The number of rotatable bonds is 5. The number of hydrogen-bond donors (Lipinski definition) is 1. The van der Waals surface area contributed by atoms with E-state index in [4.69, 9.17) is 9.47 Å². The molecule has 0 bridgehead atoms. The molecule has 3 unspecified atom stereocenters. The second-order valence-electron chi connectivity index (χ2n) is 4.54. The molecule has 21 heavy (non-hydrogen) atoms. The van der Waals surface area contributed by atoms with Gasteiger partial charge in [-0.15, -0.1) is 0 Å². The van der Waals surface area contributed by atoms with E-state index in [2.05, 4.69) is 9.47 Å². The van der Waals surface area contributed by atoms with Crippen LogP contribution >= 0.6 is 0 Å². The minimum absolute atomic E-state index is 0.138. The van der Waals surface area contributed by atoms with E-state index in [1.165, 1.54) is 0 Å². The zero-order valence-corrected chi connectivity index (χ0v) is 11.0. The molecule has 9 heteroatoms. The van der Waals surface area contributed by atoms with Crippen molar-refractivity contribution in [1.82, 2.24) is 0 Å². The molecule has 0 aromatic rings. The number of aliphatic hydroxyl groups is 1. The van der Waals surface area contributed by atoms with Crippen molar-refractivity contribution in [2.75, 3.05) is 13.2 Å². The molecule has 0 saturated carbocycles. The highest BCUT2D eigenvalue weighted by atomic mass is 16.6. The van der Waals surface area contributed by atoms with E-state index in [9.17, 15) is 24.3 Å². The molecule has 0 aromatic heterocycles. The minimum Gasteiger partial charge on any atom is -0.463 e. The number of aliphatic hydroxyl groups excluding tert-OH is 1. The lowest BCUT2D eigenvalue weighted by Gasteiger charge is -2.13. The van der Waals surface area contributed by atoms with Crippen molar-refractivity contribution < 1.29 is 43.2 Å². The molecule has 2 aliphatic heterocycles. The number of hydrogen-bond acceptors (Lipinski definition) is 9. The Bertz CT molecular complexity index is 458. The normalized spacial score (nSPS) is 26.0. The van der Waals surface area contributed by atoms with Crippen LogP contribution in [0.5, 0.6) is 0 Å². The third-order valence-corrected chi connectivity index (χ3v) is 2.94. The molecular formula is C12H14O9. The highest BCUT2D eigenvalue weighted by Gasteiger charge is 2.34. The summed E-state index contributed by atoms with van der Waals surface area (Å²) < 4.78 is 18.7. The van der Waals surface area contributed by atoms with Crippen LogP contribution in [0.15, 0.2) is 0 Å². The molecule has 3 atom stereocenters. The standard InChI is InChI=1S/C12H14O9/c13-6(10(15)21-8-2-4-19-12(8)17)5-9(14)20-7-1-3-18-11(7)16/h6-8,13H,1-5H2. The zero-order valence-electron chi connectivity index (χ0n) is 11.0. The lowest BCUT2D eigenvalue weighted by atomic mass is 10.2. The van der Waals surface area contributed by atoms with Crippen LogP contribution in [0.3, 0.4) is 0 Å². The van der Waals surface area contributed by atoms with Gasteiger partial charge in [-0.3, -0.25) is 4.79 Å². The summed E-state index contributed by atoms with van der Waals surface area (Å²) in [6.07, 6.45) is -4.08. The minimum atomic E-state index is -1.77. The smallest absolute Gasteiger partial charge is 0.347 e. The Morgan fingerprint density at radius 3 is 2.10 bits per heavy atom. The molecule has 0 spiro atoms. The highest BCUT2D eigenvalue weighted by Crippen LogP contribution is 2.14. The van der Waals surface area contributed by atoms with Crippen LogP contribution in [0.2, 0.25) is 0 Å². The first-order valence-electron chi connectivity index (χ1n) is 6.38. The molecule has 1 N–H and O–H groups in total. The van der Waals surface area contributed by atoms with E-state index >= 15 is 0 Å². The molecule has 2 saturated heterocycles. The fourth-order valence-electron chi connectivity index (χ4n) is 1.84. The van der Waals surface area contributed by atoms with Crippen molar-refractivity contribution in [1.29, 1.82) is 0 Å². The van der Waals surface area contributed by atoms with E-state index in [0.29, 0.717) is 0 Å². The van der Waals surface area contributed by atoms with Crippen molar-refractivity contribution in [3.63, 3.8) is 0 Å². The molecule has 2 rings (SSSR count). The largest absolute Gasteiger partial charge is 0.463 e. The van der Waals surface area contributed by atoms with Crippen LogP contribution in [-0.2, 0) is 38.1 Å². The van der Waals surface area contributed by atoms with Gasteiger partial charge in [-0.25, -0.2) is 14.4 Å². The summed E-state index contributed by atoms with van der Waals surface area (Å²) in [4.78, 5) is 45.2. The quantitative estimate of drug-likeness (QED) is 0.474. The molecule has 116 valence electrons. The van der Waals surface area contributed by atoms with Crippen LogP contribution < -0.4 is 0 Å². The summed E-state index contributed by atoms with van der Waals surface area (Å²) in [5, 5.41) is 9.53. The van der Waals surface area contributed by atoms with Gasteiger partial charge in [0.05, 0.1) is 19.6 Å². The summed E-state index contributed by atoms with van der Waals surface area (Å²) in [7, 11) is 0. The average molecular weight is 302 g/mol. The topological polar surface area (TPSA) is 125 Å². The van der Waals surface area contributed by atoms with E-state index < -0.39 is 48.6 Å². The monoisotopic (exact) mass is 302 g/mol. The summed E-state index contributed by atoms with van der Waals surface area (Å²) in [5.41, 5.74) is 0. The van der Waals surface area contributed by atoms with E-state index in [-0.39, 0.29) is 26.1 Å². The first-order valence-corrected chi connectivity index (χ1v) is 6.38. The number of cyclic esters (lactones) is 2. The van der Waals surface area contributed by atoms with Gasteiger partial charge < -0.3 is 24.1 Å². The summed E-state index contributed by atoms with van der Waals surface area (Å²) >= 11 is 0. The maximum atomic E-state index is 11.5. The maximum absolute atomic E-state index is 11.5. The second kappa shape index (κ2) is 6.53. The van der Waals surface area contributed by atoms with Gasteiger partial charge >= 0.3 is 23.9 Å². The molecule has 2 fully saturated rings. The van der Waals surface area contributed by atoms with E-state index in [1.54, 1.807) is 0 Å². The molecule has 0 aliphatic carbocycles. The van der Waals surface area contributed by atoms with Crippen LogP contribution in [0.1, 0.15) is 19.3 Å². The fourth-order valence-corrected chi connectivity index (χ4v) is 1.84. The SMILES string of the molecule is O=C(CC(O)C(=O)OC1CCOC1=O)OC1CCOC1=O. The molecular weight excluding hydrogens is 288 g/mol. The Labute approximate surface area is 119 Å². The lowest BCUT2D eigenvalue weighted by Crippen LogP contribution is -2.33. The maximum Gasteiger partial charge on any atom is 0.347 e. The Kier molecular flexibility index (Phi) is 4.73. The Morgan fingerprint density at radius 1 is 1.10 bits per heavy atom. The Balaban J connectivity index is 1.76. The zero-order chi connectivity index (χ0) is 15.4. The van der Waals surface area contributed by atoms with Crippen molar-refractivity contribution in [3.05, 3.63) is 0 Å². The third kappa shape index (κ3) is 3.91. The van der Waals surface area contributed by atoms with Gasteiger partial charge in [0.25, 0.3) is 0 Å². The third-order valence-electron chi connectivity index (χ3n) is 2.94. The number of ether oxygens (including phenoxy) is 4. The molecule has 9 nitrogen and oxygen atoms in total. The van der Waals surface area contributed by atoms with Crippen molar-refractivity contribution in [2.24, 2.45) is 0 Å². The predicted molar refractivity (Wildman–Crippen MR) is 61.5 cm³/mol. The predicted octanol–water partition coefficient (Wildman–Crippen LogP) is -1.55. The van der Waals surface area contributed by atoms with E-state index in [0.717, 1.165) is 0 Å². The van der Waals surface area contributed by atoms with Gasteiger partial charge in [0, 0.05) is 12.8 Å². The number of carbonyl (C=O) groups excluding carboxylic acids is 4. The molecule has 0 aromatic carbocycles. The summed E-state index contributed by atoms with van der Waals surface area (Å²) in [6.45, 7) is 0.296. The number of esters is 4. The van der Waals surface area contributed by atoms with Gasteiger partial charge in [-0.2, -0.15) is 0 Å². The van der Waals surface area contributed by atoms with Gasteiger partial charge in [0.1, 0.15) is 0 Å². The lowest BCUT2D eigenvalue weighted by molar-refractivity contribution is -0.171. The first kappa shape index (κ1) is 15.2. The summed E-state index contributed by atoms with van der Waals surface area (Å²) in [5.74, 6) is -3.40. The van der Waals surface area contributed by atoms with Gasteiger partial charge in [0.2, 0.25) is 12.2 Å². The molecule has 0 amide bonds. The summed E-state index contributed by atoms with van der Waals surface area (Å²) in [6, 6.07) is 0. The van der Waals surface area contributed by atoms with Gasteiger partial charge in [0.15, 0.2) is 6.10 Å². The average Bonchev–Trinajstić information content (AvgIpc) is 3.00. The van der Waals surface area contributed by atoms with Crippen molar-refractivity contribution in [3.8, 4) is 0 Å². The molecule has 0 radical (unpaired) electrons. The first-order chi connectivity index (χ1) is 9.97. The van der Waals surface area contributed by atoms with Gasteiger partial charge in [-0.1, -0.05) is 0 Å². The van der Waals surface area contributed by atoms with Crippen molar-refractivity contribution >= 4 is 23.9 Å². The second-order valence-corrected chi connectivity index (χ2v) is 4.54. The Morgan fingerprint density at radius 2 is 1.62 bits per heavy atom.